The first-order valence-electron chi connectivity index (χ1n) is 6.91. The van der Waals surface area contributed by atoms with Crippen LogP contribution in [0.25, 0.3) is 0 Å². The fourth-order valence-electron chi connectivity index (χ4n) is 3.12. The van der Waals surface area contributed by atoms with Gasteiger partial charge < -0.3 is 11.5 Å². The Hall–Kier alpha value is -0.610. The number of nitrogens with zero attached hydrogens (tertiary/aromatic N) is 1. The highest BCUT2D eigenvalue weighted by Crippen LogP contribution is 2.36. The van der Waals surface area contributed by atoms with Crippen LogP contribution in [0, 0.1) is 10.8 Å². The summed E-state index contributed by atoms with van der Waals surface area (Å²) >= 11 is 0. The minimum absolute atomic E-state index is 0.109. The van der Waals surface area contributed by atoms with Crippen LogP contribution < -0.4 is 11.5 Å². The number of carbonyl (C=O) groups excluding carboxylic acids is 1. The van der Waals surface area contributed by atoms with Crippen LogP contribution in [-0.4, -0.2) is 36.0 Å². The Morgan fingerprint density at radius 2 is 2.00 bits per heavy atom. The molecule has 4 heteroatoms. The molecule has 4 N–H and O–H groups in total. The van der Waals surface area contributed by atoms with Crippen molar-refractivity contribution in [3.8, 4) is 0 Å². The van der Waals surface area contributed by atoms with Gasteiger partial charge in [-0.3, -0.25) is 9.69 Å². The lowest BCUT2D eigenvalue weighted by molar-refractivity contribution is -0.126. The second-order valence-electron chi connectivity index (χ2n) is 7.03. The van der Waals surface area contributed by atoms with E-state index < -0.39 is 5.41 Å². The molecule has 0 radical (unpaired) electrons. The van der Waals surface area contributed by atoms with E-state index in [9.17, 15) is 4.79 Å². The minimum Gasteiger partial charge on any atom is -0.369 e. The zero-order valence-electron chi connectivity index (χ0n) is 12.5. The molecule has 1 aliphatic heterocycles. The van der Waals surface area contributed by atoms with Gasteiger partial charge in [0.05, 0.1) is 5.41 Å². The van der Waals surface area contributed by atoms with Gasteiger partial charge in [0.1, 0.15) is 0 Å². The normalized spacial score (nSPS) is 29.2. The number of hydrogen-bond acceptors (Lipinski definition) is 3. The Morgan fingerprint density at radius 1 is 1.44 bits per heavy atom. The zero-order chi connectivity index (χ0) is 14.1. The molecule has 0 aromatic carbocycles. The summed E-state index contributed by atoms with van der Waals surface area (Å²) in [5, 5.41) is 0. The monoisotopic (exact) mass is 255 g/mol. The summed E-state index contributed by atoms with van der Waals surface area (Å²) in [7, 11) is 0. The van der Waals surface area contributed by atoms with Gasteiger partial charge in [-0.1, -0.05) is 27.7 Å². The first kappa shape index (κ1) is 15.4. The second kappa shape index (κ2) is 5.17. The first-order valence-corrected chi connectivity index (χ1v) is 6.91. The molecule has 0 spiro atoms. The predicted molar refractivity (Wildman–Crippen MR) is 75.0 cm³/mol. The third-order valence-corrected chi connectivity index (χ3v) is 4.26. The molecule has 3 unspecified atom stereocenters. The van der Waals surface area contributed by atoms with E-state index in [0.717, 1.165) is 25.9 Å². The van der Waals surface area contributed by atoms with Crippen LogP contribution in [0.5, 0.6) is 0 Å². The Bertz CT molecular complexity index is 311. The van der Waals surface area contributed by atoms with Crippen LogP contribution in [0.2, 0.25) is 0 Å². The van der Waals surface area contributed by atoms with Crippen molar-refractivity contribution in [2.75, 3.05) is 13.1 Å². The van der Waals surface area contributed by atoms with Gasteiger partial charge in [-0.15, -0.1) is 0 Å². The molecular formula is C14H29N3O. The summed E-state index contributed by atoms with van der Waals surface area (Å²) in [6.07, 6.45) is 1.79. The molecule has 1 saturated heterocycles. The average molecular weight is 255 g/mol. The number of primary amides is 1. The van der Waals surface area contributed by atoms with E-state index in [0.29, 0.717) is 6.04 Å². The van der Waals surface area contributed by atoms with E-state index in [1.165, 1.54) is 0 Å². The van der Waals surface area contributed by atoms with Gasteiger partial charge in [-0.05, 0) is 31.7 Å². The largest absolute Gasteiger partial charge is 0.369 e. The fraction of sp³-hybridized carbons (Fsp3) is 0.929. The third kappa shape index (κ3) is 3.04. The van der Waals surface area contributed by atoms with Crippen molar-refractivity contribution in [1.82, 2.24) is 4.90 Å². The molecule has 18 heavy (non-hydrogen) atoms. The molecule has 1 aliphatic rings. The first-order chi connectivity index (χ1) is 8.12. The molecular weight excluding hydrogens is 226 g/mol. The molecule has 0 aromatic rings. The van der Waals surface area contributed by atoms with Crippen LogP contribution in [0.4, 0.5) is 0 Å². The molecule has 0 aliphatic carbocycles. The number of carbonyl (C=O) groups is 1. The van der Waals surface area contributed by atoms with Crippen molar-refractivity contribution >= 4 is 5.91 Å². The SMILES string of the molecule is CCC(N)C(N1CCC(C)(C(N)=O)C1)C(C)(C)C. The quantitative estimate of drug-likeness (QED) is 0.796. The summed E-state index contributed by atoms with van der Waals surface area (Å²) in [5.41, 5.74) is 11.5. The highest BCUT2D eigenvalue weighted by molar-refractivity contribution is 5.81. The summed E-state index contributed by atoms with van der Waals surface area (Å²) in [6.45, 7) is 12.4. The Labute approximate surface area is 111 Å². The van der Waals surface area contributed by atoms with Gasteiger partial charge in [0.2, 0.25) is 5.91 Å². The topological polar surface area (TPSA) is 72.3 Å². The number of likely N-dealkylation sites (tertiary alicyclic amines) is 1. The van der Waals surface area contributed by atoms with Gasteiger partial charge in [0.25, 0.3) is 0 Å². The summed E-state index contributed by atoms with van der Waals surface area (Å²) < 4.78 is 0. The molecule has 1 heterocycles. The standard InChI is InChI=1S/C14H29N3O/c1-6-10(15)11(13(2,3)4)17-8-7-14(5,9-17)12(16)18/h10-11H,6-9,15H2,1-5H3,(H2,16,18). The molecule has 0 saturated carbocycles. The Kier molecular flexibility index (Phi) is 4.44. The minimum atomic E-state index is -0.392. The maximum atomic E-state index is 11.5. The van der Waals surface area contributed by atoms with E-state index in [1.54, 1.807) is 0 Å². The number of hydrogen-bond donors (Lipinski definition) is 2. The molecule has 0 bridgehead atoms. The van der Waals surface area contributed by atoms with Gasteiger partial charge in [0.15, 0.2) is 0 Å². The lowest BCUT2D eigenvalue weighted by atomic mass is 9.80. The second-order valence-corrected chi connectivity index (χ2v) is 7.03. The molecule has 106 valence electrons. The predicted octanol–water partition coefficient (Wildman–Crippen LogP) is 1.34. The van der Waals surface area contributed by atoms with E-state index in [1.807, 2.05) is 6.92 Å². The average Bonchev–Trinajstić information content (AvgIpc) is 2.60. The smallest absolute Gasteiger partial charge is 0.224 e. The van der Waals surface area contributed by atoms with Crippen molar-refractivity contribution in [2.24, 2.45) is 22.3 Å². The van der Waals surface area contributed by atoms with Crippen LogP contribution in [-0.2, 0) is 4.79 Å². The molecule has 3 atom stereocenters. The van der Waals surface area contributed by atoms with Crippen molar-refractivity contribution in [1.29, 1.82) is 0 Å². The van der Waals surface area contributed by atoms with Crippen molar-refractivity contribution in [3.05, 3.63) is 0 Å². The van der Waals surface area contributed by atoms with Crippen LogP contribution in [0.1, 0.15) is 47.5 Å². The Balaban J connectivity index is 2.88. The lowest BCUT2D eigenvalue weighted by Gasteiger charge is -2.42. The van der Waals surface area contributed by atoms with E-state index >= 15 is 0 Å². The van der Waals surface area contributed by atoms with Gasteiger partial charge in [0, 0.05) is 18.6 Å². The third-order valence-electron chi connectivity index (χ3n) is 4.26. The van der Waals surface area contributed by atoms with Gasteiger partial charge in [-0.25, -0.2) is 0 Å². The number of rotatable bonds is 4. The number of amides is 1. The van der Waals surface area contributed by atoms with E-state index in [2.05, 4.69) is 32.6 Å². The Morgan fingerprint density at radius 3 is 2.33 bits per heavy atom. The van der Waals surface area contributed by atoms with Crippen LogP contribution in [0.15, 0.2) is 0 Å². The van der Waals surface area contributed by atoms with Crippen LogP contribution in [0.3, 0.4) is 0 Å². The summed E-state index contributed by atoms with van der Waals surface area (Å²) in [4.78, 5) is 13.9. The summed E-state index contributed by atoms with van der Waals surface area (Å²) in [5.74, 6) is -0.192. The zero-order valence-corrected chi connectivity index (χ0v) is 12.5. The maximum Gasteiger partial charge on any atom is 0.224 e. The highest BCUT2D eigenvalue weighted by Gasteiger charge is 2.45. The van der Waals surface area contributed by atoms with Crippen molar-refractivity contribution in [3.63, 3.8) is 0 Å². The van der Waals surface area contributed by atoms with Crippen molar-refractivity contribution in [2.45, 2.75) is 59.5 Å². The summed E-state index contributed by atoms with van der Waals surface area (Å²) in [6, 6.07) is 0.434. The van der Waals surface area contributed by atoms with Crippen molar-refractivity contribution < 1.29 is 4.79 Å². The van der Waals surface area contributed by atoms with Gasteiger partial charge in [-0.2, -0.15) is 0 Å². The number of nitrogens with two attached hydrogens (primary N) is 2. The molecule has 4 nitrogen and oxygen atoms in total. The lowest BCUT2D eigenvalue weighted by Crippen LogP contribution is -2.54. The van der Waals surface area contributed by atoms with Crippen LogP contribution >= 0.6 is 0 Å². The molecule has 1 amide bonds. The highest BCUT2D eigenvalue weighted by atomic mass is 16.1. The van der Waals surface area contributed by atoms with E-state index in [4.69, 9.17) is 11.5 Å². The maximum absolute atomic E-state index is 11.5. The fourth-order valence-corrected chi connectivity index (χ4v) is 3.12. The van der Waals surface area contributed by atoms with E-state index in [-0.39, 0.29) is 17.4 Å². The molecule has 1 rings (SSSR count). The molecule has 1 fully saturated rings. The molecule has 0 aromatic heterocycles. The van der Waals surface area contributed by atoms with Gasteiger partial charge >= 0.3 is 0 Å².